The zero-order chi connectivity index (χ0) is 22.1. The molecule has 1 aromatic heterocycles. The van der Waals surface area contributed by atoms with Gasteiger partial charge in [0.2, 0.25) is 11.8 Å². The molecule has 1 atom stereocenters. The van der Waals surface area contributed by atoms with Gasteiger partial charge >= 0.3 is 0 Å². The predicted molar refractivity (Wildman–Crippen MR) is 119 cm³/mol. The van der Waals surface area contributed by atoms with E-state index in [9.17, 15) is 14.4 Å². The Morgan fingerprint density at radius 2 is 1.91 bits per heavy atom. The van der Waals surface area contributed by atoms with Crippen LogP contribution in [0, 0.1) is 0 Å². The molecule has 2 saturated heterocycles. The van der Waals surface area contributed by atoms with Crippen LogP contribution in [-0.4, -0.2) is 46.7 Å². The summed E-state index contributed by atoms with van der Waals surface area (Å²) in [5.41, 5.74) is 3.80. The molecule has 8 heteroatoms. The number of aromatic nitrogens is 1. The van der Waals surface area contributed by atoms with E-state index >= 15 is 0 Å². The first-order chi connectivity index (χ1) is 15.6. The fraction of sp³-hybridized carbons (Fsp3) is 0.417. The first kappa shape index (κ1) is 20.6. The van der Waals surface area contributed by atoms with E-state index in [1.165, 1.54) is 5.56 Å². The van der Waals surface area contributed by atoms with Crippen molar-refractivity contribution < 1.29 is 14.4 Å². The Morgan fingerprint density at radius 3 is 2.66 bits per heavy atom. The van der Waals surface area contributed by atoms with Gasteiger partial charge in [0.25, 0.3) is 5.91 Å². The Hall–Kier alpha value is -3.26. The second-order valence-electron chi connectivity index (χ2n) is 8.75. The van der Waals surface area contributed by atoms with E-state index in [-0.39, 0.29) is 24.1 Å². The van der Waals surface area contributed by atoms with Crippen molar-refractivity contribution in [2.24, 2.45) is 0 Å². The summed E-state index contributed by atoms with van der Waals surface area (Å²) in [6, 6.07) is 9.41. The Labute approximate surface area is 186 Å². The van der Waals surface area contributed by atoms with E-state index < -0.39 is 6.04 Å². The summed E-state index contributed by atoms with van der Waals surface area (Å²) >= 11 is 0. The Balaban J connectivity index is 1.22. The molecule has 0 saturated carbocycles. The highest BCUT2D eigenvalue weighted by atomic mass is 16.2. The van der Waals surface area contributed by atoms with Crippen molar-refractivity contribution in [3.8, 4) is 0 Å². The highest BCUT2D eigenvalue weighted by Gasteiger charge is 2.39. The number of amides is 3. The van der Waals surface area contributed by atoms with E-state index in [1.807, 2.05) is 30.5 Å². The van der Waals surface area contributed by atoms with Gasteiger partial charge < -0.3 is 15.5 Å². The van der Waals surface area contributed by atoms with Crippen LogP contribution in [-0.2, 0) is 22.7 Å². The zero-order valence-electron chi connectivity index (χ0n) is 17.9. The van der Waals surface area contributed by atoms with Crippen molar-refractivity contribution in [3.05, 3.63) is 58.8 Å². The lowest BCUT2D eigenvalue weighted by Crippen LogP contribution is -2.52. The maximum atomic E-state index is 13.0. The highest BCUT2D eigenvalue weighted by Crippen LogP contribution is 2.29. The predicted octanol–water partition coefficient (Wildman–Crippen LogP) is 1.92. The molecule has 166 valence electrons. The van der Waals surface area contributed by atoms with Gasteiger partial charge in [0, 0.05) is 31.3 Å². The largest absolute Gasteiger partial charge is 0.366 e. The van der Waals surface area contributed by atoms with E-state index in [2.05, 4.69) is 27.0 Å². The number of piperidine rings is 2. The number of benzene rings is 1. The van der Waals surface area contributed by atoms with E-state index in [4.69, 9.17) is 0 Å². The normalized spacial score (nSPS) is 21.4. The summed E-state index contributed by atoms with van der Waals surface area (Å²) < 4.78 is 0. The van der Waals surface area contributed by atoms with Crippen molar-refractivity contribution in [2.45, 2.75) is 50.7 Å². The highest BCUT2D eigenvalue weighted by molar-refractivity contribution is 6.05. The number of pyridine rings is 1. The molecular formula is C24H27N5O3. The van der Waals surface area contributed by atoms with Gasteiger partial charge in [-0.15, -0.1) is 0 Å². The van der Waals surface area contributed by atoms with Crippen molar-refractivity contribution in [1.29, 1.82) is 0 Å². The third-order valence-electron chi connectivity index (χ3n) is 6.66. The fourth-order valence-corrected chi connectivity index (χ4v) is 4.81. The van der Waals surface area contributed by atoms with Crippen LogP contribution >= 0.6 is 0 Å². The quantitative estimate of drug-likeness (QED) is 0.623. The first-order valence-corrected chi connectivity index (χ1v) is 11.3. The van der Waals surface area contributed by atoms with Crippen LogP contribution in [0.4, 0.5) is 5.82 Å². The fourth-order valence-electron chi connectivity index (χ4n) is 4.81. The van der Waals surface area contributed by atoms with E-state index in [0.717, 1.165) is 42.9 Å². The van der Waals surface area contributed by atoms with Crippen molar-refractivity contribution in [3.63, 3.8) is 0 Å². The summed E-state index contributed by atoms with van der Waals surface area (Å²) in [5.74, 6) is 0.567. The number of hydrogen-bond acceptors (Lipinski definition) is 6. The molecule has 1 aromatic carbocycles. The molecule has 0 aliphatic carbocycles. The average molecular weight is 434 g/mol. The molecule has 0 bridgehead atoms. The number of carbonyl (C=O) groups is 3. The molecule has 0 spiro atoms. The van der Waals surface area contributed by atoms with Crippen LogP contribution in [0.15, 0.2) is 36.5 Å². The topological polar surface area (TPSA) is 103 Å². The van der Waals surface area contributed by atoms with Gasteiger partial charge in [-0.2, -0.15) is 0 Å². The number of rotatable bonds is 5. The molecule has 3 N–H and O–H groups in total. The second-order valence-corrected chi connectivity index (χ2v) is 8.75. The molecule has 3 amide bonds. The molecule has 5 rings (SSSR count). The van der Waals surface area contributed by atoms with Crippen LogP contribution in [0.3, 0.4) is 0 Å². The number of carbonyl (C=O) groups excluding carboxylic acids is 3. The Morgan fingerprint density at radius 1 is 1.06 bits per heavy atom. The van der Waals surface area contributed by atoms with Crippen LogP contribution in [0.2, 0.25) is 0 Å². The second kappa shape index (κ2) is 8.70. The third kappa shape index (κ3) is 4.10. The lowest BCUT2D eigenvalue weighted by molar-refractivity contribution is -0.136. The monoisotopic (exact) mass is 433 g/mol. The molecule has 32 heavy (non-hydrogen) atoms. The number of hydrogen-bond donors (Lipinski definition) is 3. The summed E-state index contributed by atoms with van der Waals surface area (Å²) in [7, 11) is 0. The number of nitrogens with zero attached hydrogens (tertiary/aromatic N) is 2. The van der Waals surface area contributed by atoms with Crippen LogP contribution in [0.5, 0.6) is 0 Å². The van der Waals surface area contributed by atoms with E-state index in [1.54, 1.807) is 4.90 Å². The minimum Gasteiger partial charge on any atom is -0.366 e. The van der Waals surface area contributed by atoms with Gasteiger partial charge in [0.05, 0.1) is 0 Å². The van der Waals surface area contributed by atoms with Gasteiger partial charge in [-0.25, -0.2) is 4.98 Å². The molecule has 3 aliphatic heterocycles. The van der Waals surface area contributed by atoms with Gasteiger partial charge in [-0.1, -0.05) is 18.2 Å². The minimum atomic E-state index is -0.586. The molecule has 2 aromatic rings. The van der Waals surface area contributed by atoms with Crippen LogP contribution < -0.4 is 16.0 Å². The lowest BCUT2D eigenvalue weighted by Gasteiger charge is -2.29. The number of anilines is 1. The first-order valence-electron chi connectivity index (χ1n) is 11.3. The molecule has 0 radical (unpaired) electrons. The third-order valence-corrected chi connectivity index (χ3v) is 6.66. The van der Waals surface area contributed by atoms with Gasteiger partial charge in [0.15, 0.2) is 0 Å². The molecular weight excluding hydrogens is 406 g/mol. The van der Waals surface area contributed by atoms with Gasteiger partial charge in [-0.05, 0) is 67.1 Å². The standard InChI is InChI=1S/C24H27N5O3/c30-22-6-4-20(23(31)28-22)29-14-18-2-1-15(11-19(18)24(29)32)12-26-21-5-3-17(13-27-21)16-7-9-25-10-8-16/h1-3,5,11,13,16,20,25H,4,6-10,12,14H2,(H,26,27)(H,28,30,31). The Kier molecular flexibility index (Phi) is 5.61. The minimum absolute atomic E-state index is 0.152. The van der Waals surface area contributed by atoms with Gasteiger partial charge in [0.1, 0.15) is 11.9 Å². The summed E-state index contributed by atoms with van der Waals surface area (Å²) in [5, 5.41) is 9.06. The summed E-state index contributed by atoms with van der Waals surface area (Å²) in [4.78, 5) is 42.7. The molecule has 8 nitrogen and oxygen atoms in total. The number of imide groups is 1. The molecule has 4 heterocycles. The van der Waals surface area contributed by atoms with Crippen molar-refractivity contribution in [1.82, 2.24) is 20.5 Å². The zero-order valence-corrected chi connectivity index (χ0v) is 17.9. The summed E-state index contributed by atoms with van der Waals surface area (Å²) in [6.07, 6.45) is 4.89. The maximum Gasteiger partial charge on any atom is 0.255 e. The molecule has 2 fully saturated rings. The Bertz CT molecular complexity index is 1050. The lowest BCUT2D eigenvalue weighted by atomic mass is 9.91. The average Bonchev–Trinajstić information content (AvgIpc) is 3.14. The molecule has 1 unspecified atom stereocenters. The maximum absolute atomic E-state index is 13.0. The van der Waals surface area contributed by atoms with Crippen molar-refractivity contribution >= 4 is 23.5 Å². The summed E-state index contributed by atoms with van der Waals surface area (Å²) in [6.45, 7) is 3.07. The molecule has 3 aliphatic rings. The van der Waals surface area contributed by atoms with Crippen LogP contribution in [0.25, 0.3) is 0 Å². The van der Waals surface area contributed by atoms with E-state index in [0.29, 0.717) is 31.0 Å². The van der Waals surface area contributed by atoms with Gasteiger partial charge in [-0.3, -0.25) is 19.7 Å². The van der Waals surface area contributed by atoms with Crippen molar-refractivity contribution in [2.75, 3.05) is 18.4 Å². The number of nitrogens with one attached hydrogen (secondary N) is 3. The SMILES string of the molecule is O=C1CCC(N2Cc3ccc(CNc4ccc(C5CCNCC5)cn4)cc3C2=O)C(=O)N1. The number of fused-ring (bicyclic) bond motifs is 1. The van der Waals surface area contributed by atoms with Crippen LogP contribution in [0.1, 0.15) is 58.6 Å². The smallest absolute Gasteiger partial charge is 0.255 e.